The number of nitrogens with zero attached hydrogens (tertiary/aromatic N) is 4. The summed E-state index contributed by atoms with van der Waals surface area (Å²) in [5.74, 6) is 14.6. The molecule has 2 saturated heterocycles. The van der Waals surface area contributed by atoms with E-state index in [2.05, 4.69) is 63.2 Å². The van der Waals surface area contributed by atoms with Gasteiger partial charge in [-0.2, -0.15) is 0 Å². The van der Waals surface area contributed by atoms with Crippen LogP contribution in [-0.4, -0.2) is 80.7 Å². The quantitative estimate of drug-likeness (QED) is 0.322. The van der Waals surface area contributed by atoms with Crippen LogP contribution in [-0.2, 0) is 9.47 Å². The number of carbonyl (C=O) groups excluding carboxylic acids is 2. The van der Waals surface area contributed by atoms with E-state index in [1.807, 2.05) is 53.7 Å². The molecule has 0 spiro atoms. The lowest BCUT2D eigenvalue weighted by Gasteiger charge is -2.28. The van der Waals surface area contributed by atoms with Crippen molar-refractivity contribution in [3.63, 3.8) is 0 Å². The summed E-state index contributed by atoms with van der Waals surface area (Å²) in [6.45, 7) is 13.1. The van der Waals surface area contributed by atoms with Crippen LogP contribution in [0, 0.1) is 23.7 Å². The van der Waals surface area contributed by atoms with E-state index < -0.39 is 11.2 Å². The molecule has 2 amide bonds. The van der Waals surface area contributed by atoms with E-state index in [-0.39, 0.29) is 30.3 Å². The average Bonchev–Trinajstić information content (AvgIpc) is 3.83. The van der Waals surface area contributed by atoms with Crippen LogP contribution in [0.25, 0.3) is 10.8 Å². The molecule has 250 valence electrons. The van der Waals surface area contributed by atoms with Gasteiger partial charge in [-0.1, -0.05) is 29.9 Å². The van der Waals surface area contributed by atoms with E-state index in [4.69, 9.17) is 14.5 Å². The predicted molar refractivity (Wildman–Crippen MR) is 185 cm³/mol. The van der Waals surface area contributed by atoms with Gasteiger partial charge in [0.2, 0.25) is 0 Å². The number of aromatic nitrogens is 2. The van der Waals surface area contributed by atoms with Crippen molar-refractivity contribution >= 4 is 28.8 Å². The fraction of sp³-hybridized carbons (Fsp3) is 0.474. The lowest BCUT2D eigenvalue weighted by atomic mass is 10.0. The summed E-state index contributed by atoms with van der Waals surface area (Å²) in [5, 5.41) is 5.59. The molecule has 2 N–H and O–H groups in total. The molecule has 3 aromatic rings. The smallest absolute Gasteiger partial charge is 0.410 e. The number of imidazole rings is 1. The molecule has 3 atom stereocenters. The normalized spacial score (nSPS) is 20.8. The number of fused-ring (bicyclic) bond motifs is 1. The van der Waals surface area contributed by atoms with Crippen LogP contribution in [0.1, 0.15) is 95.9 Å². The Balaban J connectivity index is 1.07. The first-order valence-electron chi connectivity index (χ1n) is 16.7. The largest absolute Gasteiger partial charge is 0.444 e. The van der Waals surface area contributed by atoms with Crippen LogP contribution >= 0.6 is 0 Å². The number of rotatable bonds is 2. The molecule has 48 heavy (non-hydrogen) atoms. The first-order valence-corrected chi connectivity index (χ1v) is 16.7. The molecule has 10 nitrogen and oxygen atoms in total. The average molecular weight is 649 g/mol. The van der Waals surface area contributed by atoms with Gasteiger partial charge in [0.25, 0.3) is 0 Å². The fourth-order valence-corrected chi connectivity index (χ4v) is 6.20. The van der Waals surface area contributed by atoms with Crippen molar-refractivity contribution in [3.8, 4) is 23.7 Å². The minimum atomic E-state index is -0.545. The Morgan fingerprint density at radius 1 is 0.812 bits per heavy atom. The summed E-state index contributed by atoms with van der Waals surface area (Å²) in [6, 6.07) is 11.9. The molecule has 0 saturated carbocycles. The van der Waals surface area contributed by atoms with Crippen molar-refractivity contribution in [1.82, 2.24) is 25.1 Å². The number of H-pyrrole nitrogens is 1. The Bertz CT molecular complexity index is 1860. The molecular formula is C38H44N6O4. The van der Waals surface area contributed by atoms with Crippen LogP contribution < -0.4 is 5.32 Å². The second kappa shape index (κ2) is 13.3. The maximum atomic E-state index is 12.7. The zero-order valence-corrected chi connectivity index (χ0v) is 28.6. The summed E-state index contributed by atoms with van der Waals surface area (Å²) in [4.78, 5) is 41.5. The molecule has 2 fully saturated rings. The van der Waals surface area contributed by atoms with Gasteiger partial charge in [-0.05, 0) is 108 Å². The lowest BCUT2D eigenvalue weighted by Crippen LogP contribution is -2.47. The number of aliphatic imine (C=N–C) groups is 1. The molecule has 0 radical (unpaired) electrons. The van der Waals surface area contributed by atoms with Crippen LogP contribution in [0.4, 0.5) is 9.59 Å². The Hall–Kier alpha value is -4.96. The Morgan fingerprint density at radius 3 is 2.02 bits per heavy atom. The number of hydrogen-bond acceptors (Lipinski definition) is 7. The Morgan fingerprint density at radius 2 is 1.40 bits per heavy atom. The van der Waals surface area contributed by atoms with Gasteiger partial charge >= 0.3 is 12.2 Å². The van der Waals surface area contributed by atoms with Crippen molar-refractivity contribution in [2.45, 2.75) is 96.6 Å². The second-order valence-corrected chi connectivity index (χ2v) is 14.6. The van der Waals surface area contributed by atoms with Crippen molar-refractivity contribution in [2.24, 2.45) is 4.99 Å². The summed E-state index contributed by atoms with van der Waals surface area (Å²) in [6.07, 6.45) is 4.63. The highest BCUT2D eigenvalue weighted by Gasteiger charge is 2.37. The Kier molecular flexibility index (Phi) is 9.11. The van der Waals surface area contributed by atoms with Crippen LogP contribution in [0.15, 0.2) is 47.6 Å². The van der Waals surface area contributed by atoms with Gasteiger partial charge in [-0.3, -0.25) is 14.8 Å². The predicted octanol–water partition coefficient (Wildman–Crippen LogP) is 6.16. The topological polar surface area (TPSA) is 112 Å². The van der Waals surface area contributed by atoms with E-state index >= 15 is 0 Å². The number of nitrogens with one attached hydrogen (secondary N) is 2. The van der Waals surface area contributed by atoms with E-state index in [0.717, 1.165) is 59.2 Å². The highest BCUT2D eigenvalue weighted by atomic mass is 16.6. The molecule has 3 aliphatic heterocycles. The number of ether oxygens (including phenoxy) is 2. The van der Waals surface area contributed by atoms with E-state index in [1.165, 1.54) is 0 Å². The number of likely N-dealkylation sites (tertiary alicyclic amines) is 2. The SMILES string of the molecule is CC(C)(C)OC(=O)N1CCC[C@H]1C1=NCC(C#Cc2ccc3cc(C#Cc4cnc([C@@H]5CCCN5C(=O)OC(C)(C)C)[nH]4)ccc3c2)N1. The van der Waals surface area contributed by atoms with Gasteiger partial charge < -0.3 is 19.8 Å². The van der Waals surface area contributed by atoms with Crippen molar-refractivity contribution < 1.29 is 19.1 Å². The molecule has 2 aromatic carbocycles. The fourth-order valence-electron chi connectivity index (χ4n) is 6.20. The molecule has 1 aromatic heterocycles. The third-order valence-electron chi connectivity index (χ3n) is 8.33. The number of benzene rings is 2. The van der Waals surface area contributed by atoms with Crippen molar-refractivity contribution in [2.75, 3.05) is 19.6 Å². The molecule has 0 bridgehead atoms. The highest BCUT2D eigenvalue weighted by Crippen LogP contribution is 2.31. The van der Waals surface area contributed by atoms with Gasteiger partial charge in [0, 0.05) is 24.2 Å². The van der Waals surface area contributed by atoms with E-state index in [1.54, 1.807) is 16.0 Å². The zero-order chi connectivity index (χ0) is 34.1. The van der Waals surface area contributed by atoms with Gasteiger partial charge in [-0.25, -0.2) is 14.6 Å². The number of hydrogen-bond donors (Lipinski definition) is 2. The van der Waals surface area contributed by atoms with Gasteiger partial charge in [0.1, 0.15) is 34.6 Å². The zero-order valence-electron chi connectivity index (χ0n) is 28.6. The third-order valence-corrected chi connectivity index (χ3v) is 8.33. The van der Waals surface area contributed by atoms with E-state index in [0.29, 0.717) is 25.3 Å². The number of amidine groups is 1. The molecule has 6 rings (SSSR count). The summed E-state index contributed by atoms with van der Waals surface area (Å²) in [7, 11) is 0. The van der Waals surface area contributed by atoms with Crippen molar-refractivity contribution in [1.29, 1.82) is 0 Å². The second-order valence-electron chi connectivity index (χ2n) is 14.6. The maximum absolute atomic E-state index is 12.7. The number of carbonyl (C=O) groups is 2. The molecule has 0 aliphatic carbocycles. The van der Waals surface area contributed by atoms with Gasteiger partial charge in [0.05, 0.1) is 24.8 Å². The van der Waals surface area contributed by atoms with Gasteiger partial charge in [0.15, 0.2) is 0 Å². The Labute approximate surface area is 282 Å². The van der Waals surface area contributed by atoms with Crippen LogP contribution in [0.5, 0.6) is 0 Å². The molecule has 10 heteroatoms. The third kappa shape index (κ3) is 7.94. The summed E-state index contributed by atoms with van der Waals surface area (Å²) in [5.41, 5.74) is 1.43. The molecule has 4 heterocycles. The van der Waals surface area contributed by atoms with Gasteiger partial charge in [-0.15, -0.1) is 0 Å². The molecular weight excluding hydrogens is 604 g/mol. The maximum Gasteiger partial charge on any atom is 0.410 e. The monoisotopic (exact) mass is 648 g/mol. The lowest BCUT2D eigenvalue weighted by molar-refractivity contribution is 0.0216. The molecule has 3 aliphatic rings. The summed E-state index contributed by atoms with van der Waals surface area (Å²) < 4.78 is 11.2. The van der Waals surface area contributed by atoms with Crippen molar-refractivity contribution in [3.05, 3.63) is 65.2 Å². The minimum absolute atomic E-state index is 0.0956. The summed E-state index contributed by atoms with van der Waals surface area (Å²) >= 11 is 0. The standard InChI is InChI=1S/C38H44N6O4/c1-37(2,3)47-35(45)43-19-7-9-31(43)33-39-23-29(41-33)17-13-25-11-15-28-22-26(12-16-27(28)21-25)14-18-30-24-40-34(42-30)32-10-8-20-44(32)36(46)48-38(4,5)6/h11-12,15-16,21-23,30-32H,7-10,19-20,24H2,1-6H3,(H,39,41)(H,40,42)/t30?,31-,32-/m0/s1. The number of aromatic amines is 1. The first kappa shape index (κ1) is 33.0. The minimum Gasteiger partial charge on any atom is -0.444 e. The van der Waals surface area contributed by atoms with E-state index in [9.17, 15) is 9.59 Å². The number of amides is 2. The first-order chi connectivity index (χ1) is 22.8. The van der Waals surface area contributed by atoms with Crippen LogP contribution in [0.2, 0.25) is 0 Å². The molecule has 1 unspecified atom stereocenters. The highest BCUT2D eigenvalue weighted by molar-refractivity contribution is 5.92. The van der Waals surface area contributed by atoms with Crippen LogP contribution in [0.3, 0.4) is 0 Å².